The summed E-state index contributed by atoms with van der Waals surface area (Å²) in [5, 5.41) is 11.6. The van der Waals surface area contributed by atoms with Gasteiger partial charge in [-0.1, -0.05) is 0 Å². The minimum absolute atomic E-state index is 0.0723. The molecule has 0 atom stereocenters. The second-order valence-corrected chi connectivity index (χ2v) is 3.55. The van der Waals surface area contributed by atoms with Gasteiger partial charge in [0.05, 0.1) is 25.0 Å². The second kappa shape index (κ2) is 6.85. The number of aliphatic hydroxyl groups is 1. The third kappa shape index (κ3) is 3.92. The summed E-state index contributed by atoms with van der Waals surface area (Å²) < 4.78 is 24.6. The molecule has 0 radical (unpaired) electrons. The maximum absolute atomic E-state index is 12.3. The fourth-order valence-electron chi connectivity index (χ4n) is 1.39. The summed E-state index contributed by atoms with van der Waals surface area (Å²) in [7, 11) is 1.70. The number of anilines is 1. The number of hydrogen-bond donors (Lipinski definition) is 2. The standard InChI is InChI=1S/C11H15F2N3O2/c1-14-8-2-3-9(15-6-8)11(18)16(4-5-17)7-10(12)13/h2-3,6,10,14,17H,4-5,7H2,1H3. The van der Waals surface area contributed by atoms with Gasteiger partial charge in [-0.25, -0.2) is 13.8 Å². The Kier molecular flexibility index (Phi) is 5.44. The molecule has 0 unspecified atom stereocenters. The van der Waals surface area contributed by atoms with Crippen LogP contribution in [-0.4, -0.2) is 54.1 Å². The van der Waals surface area contributed by atoms with Crippen molar-refractivity contribution >= 4 is 11.6 Å². The first-order valence-electron chi connectivity index (χ1n) is 5.40. The summed E-state index contributed by atoms with van der Waals surface area (Å²) in [5.74, 6) is -0.619. The van der Waals surface area contributed by atoms with E-state index in [1.807, 2.05) is 0 Å². The van der Waals surface area contributed by atoms with Gasteiger partial charge in [0.15, 0.2) is 0 Å². The van der Waals surface area contributed by atoms with E-state index in [1.165, 1.54) is 12.3 Å². The zero-order valence-electron chi connectivity index (χ0n) is 9.94. The lowest BCUT2D eigenvalue weighted by Crippen LogP contribution is -2.37. The summed E-state index contributed by atoms with van der Waals surface area (Å²) in [6, 6.07) is 3.07. The van der Waals surface area contributed by atoms with Crippen molar-refractivity contribution in [3.8, 4) is 0 Å². The zero-order valence-corrected chi connectivity index (χ0v) is 9.94. The molecule has 1 rings (SSSR count). The zero-order chi connectivity index (χ0) is 13.5. The van der Waals surface area contributed by atoms with E-state index in [2.05, 4.69) is 10.3 Å². The highest BCUT2D eigenvalue weighted by Crippen LogP contribution is 2.08. The van der Waals surface area contributed by atoms with Gasteiger partial charge in [0.2, 0.25) is 0 Å². The summed E-state index contributed by atoms with van der Waals surface area (Å²) >= 11 is 0. The summed E-state index contributed by atoms with van der Waals surface area (Å²) in [4.78, 5) is 16.6. The Morgan fingerprint density at radius 2 is 2.28 bits per heavy atom. The molecule has 1 amide bonds. The molecule has 0 saturated heterocycles. The summed E-state index contributed by atoms with van der Waals surface area (Å²) in [6.45, 7) is -1.22. The van der Waals surface area contributed by atoms with Crippen LogP contribution in [0.15, 0.2) is 18.3 Å². The van der Waals surface area contributed by atoms with Crippen molar-refractivity contribution in [2.45, 2.75) is 6.43 Å². The molecule has 7 heteroatoms. The third-order valence-corrected chi connectivity index (χ3v) is 2.29. The highest BCUT2D eigenvalue weighted by atomic mass is 19.3. The molecule has 0 aromatic carbocycles. The molecule has 0 fully saturated rings. The first-order valence-corrected chi connectivity index (χ1v) is 5.40. The van der Waals surface area contributed by atoms with Crippen molar-refractivity contribution < 1.29 is 18.7 Å². The van der Waals surface area contributed by atoms with Crippen LogP contribution in [0.3, 0.4) is 0 Å². The minimum Gasteiger partial charge on any atom is -0.395 e. The largest absolute Gasteiger partial charge is 0.395 e. The number of carbonyl (C=O) groups excluding carboxylic acids is 1. The van der Waals surface area contributed by atoms with Crippen LogP contribution in [0.5, 0.6) is 0 Å². The van der Waals surface area contributed by atoms with E-state index in [-0.39, 0.29) is 18.8 Å². The Labute approximate surface area is 103 Å². The molecule has 2 N–H and O–H groups in total. The Morgan fingerprint density at radius 3 is 2.72 bits per heavy atom. The van der Waals surface area contributed by atoms with Crippen LogP contribution in [-0.2, 0) is 0 Å². The second-order valence-electron chi connectivity index (χ2n) is 3.55. The van der Waals surface area contributed by atoms with Crippen molar-refractivity contribution in [3.05, 3.63) is 24.0 Å². The molecular weight excluding hydrogens is 244 g/mol. The third-order valence-electron chi connectivity index (χ3n) is 2.29. The molecule has 1 heterocycles. The first kappa shape index (κ1) is 14.3. The van der Waals surface area contributed by atoms with Crippen molar-refractivity contribution in [1.29, 1.82) is 0 Å². The average Bonchev–Trinajstić information content (AvgIpc) is 2.37. The first-order chi connectivity index (χ1) is 8.58. The van der Waals surface area contributed by atoms with Gasteiger partial charge in [-0.2, -0.15) is 0 Å². The normalized spacial score (nSPS) is 10.5. The number of nitrogens with one attached hydrogen (secondary N) is 1. The van der Waals surface area contributed by atoms with E-state index in [4.69, 9.17) is 5.11 Å². The van der Waals surface area contributed by atoms with E-state index >= 15 is 0 Å². The van der Waals surface area contributed by atoms with Gasteiger partial charge >= 0.3 is 0 Å². The fraction of sp³-hybridized carbons (Fsp3) is 0.455. The van der Waals surface area contributed by atoms with Crippen LogP contribution in [0.1, 0.15) is 10.5 Å². The molecule has 18 heavy (non-hydrogen) atoms. The van der Waals surface area contributed by atoms with Crippen molar-refractivity contribution in [2.75, 3.05) is 32.1 Å². The smallest absolute Gasteiger partial charge is 0.272 e. The minimum atomic E-state index is -2.64. The molecule has 0 aliphatic heterocycles. The van der Waals surface area contributed by atoms with E-state index in [9.17, 15) is 13.6 Å². The molecule has 0 spiro atoms. The van der Waals surface area contributed by atoms with E-state index in [0.717, 1.165) is 4.90 Å². The van der Waals surface area contributed by atoms with Gasteiger partial charge in [0.1, 0.15) is 5.69 Å². The highest BCUT2D eigenvalue weighted by Gasteiger charge is 2.20. The van der Waals surface area contributed by atoms with E-state index in [1.54, 1.807) is 13.1 Å². The Bertz CT molecular complexity index is 384. The molecule has 5 nitrogen and oxygen atoms in total. The predicted octanol–water partition coefficient (Wildman–Crippen LogP) is 0.823. The average molecular weight is 259 g/mol. The van der Waals surface area contributed by atoms with Gasteiger partial charge in [-0.3, -0.25) is 4.79 Å². The maximum Gasteiger partial charge on any atom is 0.272 e. The van der Waals surface area contributed by atoms with Gasteiger partial charge in [0, 0.05) is 13.6 Å². The molecule has 0 bridgehead atoms. The van der Waals surface area contributed by atoms with E-state index < -0.39 is 18.9 Å². The molecule has 0 aliphatic rings. The number of nitrogens with zero attached hydrogens (tertiary/aromatic N) is 2. The number of aliphatic hydroxyl groups excluding tert-OH is 1. The predicted molar refractivity (Wildman–Crippen MR) is 62.8 cm³/mol. The molecule has 0 aliphatic carbocycles. The molecule has 1 aromatic rings. The highest BCUT2D eigenvalue weighted by molar-refractivity contribution is 5.92. The Morgan fingerprint density at radius 1 is 1.56 bits per heavy atom. The number of rotatable bonds is 6. The van der Waals surface area contributed by atoms with Gasteiger partial charge < -0.3 is 15.3 Å². The lowest BCUT2D eigenvalue weighted by molar-refractivity contribution is 0.0504. The summed E-state index contributed by atoms with van der Waals surface area (Å²) in [6.07, 6.45) is -1.20. The van der Waals surface area contributed by atoms with Crippen molar-refractivity contribution in [2.24, 2.45) is 0 Å². The Balaban J connectivity index is 2.80. The molecule has 1 aromatic heterocycles. The maximum atomic E-state index is 12.3. The number of pyridine rings is 1. The topological polar surface area (TPSA) is 65.5 Å². The van der Waals surface area contributed by atoms with Crippen LogP contribution < -0.4 is 5.32 Å². The quantitative estimate of drug-likeness (QED) is 0.794. The number of amides is 1. The molecule has 0 saturated carbocycles. The number of hydrogen-bond acceptors (Lipinski definition) is 4. The SMILES string of the molecule is CNc1ccc(C(=O)N(CCO)CC(F)F)nc1. The number of alkyl halides is 2. The van der Waals surface area contributed by atoms with E-state index in [0.29, 0.717) is 5.69 Å². The van der Waals surface area contributed by atoms with Crippen LogP contribution >= 0.6 is 0 Å². The van der Waals surface area contributed by atoms with Crippen molar-refractivity contribution in [3.63, 3.8) is 0 Å². The van der Waals surface area contributed by atoms with Crippen LogP contribution in [0.4, 0.5) is 14.5 Å². The van der Waals surface area contributed by atoms with Crippen molar-refractivity contribution in [1.82, 2.24) is 9.88 Å². The summed E-state index contributed by atoms with van der Waals surface area (Å²) in [5.41, 5.74) is 0.789. The fourth-order valence-corrected chi connectivity index (χ4v) is 1.39. The van der Waals surface area contributed by atoms with Crippen LogP contribution in [0.25, 0.3) is 0 Å². The number of aromatic nitrogens is 1. The Hall–Kier alpha value is -1.76. The molecule has 100 valence electrons. The lowest BCUT2D eigenvalue weighted by atomic mass is 10.3. The van der Waals surface area contributed by atoms with Gasteiger partial charge in [-0.05, 0) is 12.1 Å². The lowest BCUT2D eigenvalue weighted by Gasteiger charge is -2.20. The van der Waals surface area contributed by atoms with Gasteiger partial charge in [-0.15, -0.1) is 0 Å². The number of halogens is 2. The molecular formula is C11H15F2N3O2. The van der Waals surface area contributed by atoms with Crippen LogP contribution in [0, 0.1) is 0 Å². The monoisotopic (exact) mass is 259 g/mol. The van der Waals surface area contributed by atoms with Crippen LogP contribution in [0.2, 0.25) is 0 Å². The van der Waals surface area contributed by atoms with Gasteiger partial charge in [0.25, 0.3) is 12.3 Å². The number of carbonyl (C=O) groups is 1.